The van der Waals surface area contributed by atoms with Gasteiger partial charge < -0.3 is 33.5 Å². The summed E-state index contributed by atoms with van der Waals surface area (Å²) in [6.45, 7) is 16.0. The van der Waals surface area contributed by atoms with Crippen molar-refractivity contribution < 1.29 is 57.5 Å². The number of rotatable bonds is 13. The fourth-order valence-electron chi connectivity index (χ4n) is 11.7. The number of phenols is 1. The summed E-state index contributed by atoms with van der Waals surface area (Å²) < 4.78 is 34.7. The molecule has 61 heavy (non-hydrogen) atoms. The zero-order chi connectivity index (χ0) is 44.0. The van der Waals surface area contributed by atoms with Gasteiger partial charge in [-0.05, 0) is 171 Å². The van der Waals surface area contributed by atoms with Gasteiger partial charge in [-0.25, -0.2) is 14.4 Å². The first-order valence-electron chi connectivity index (χ1n) is 21.6. The first-order chi connectivity index (χ1) is 28.6. The molecular formula is C49H60O12. The molecule has 1 N–H and O–H groups in total. The van der Waals surface area contributed by atoms with Crippen LogP contribution in [-0.2, 0) is 33.3 Å². The van der Waals surface area contributed by atoms with E-state index in [1.807, 2.05) is 0 Å². The highest BCUT2D eigenvalue weighted by atomic mass is 16.7. The average molecular weight is 841 g/mol. The molecule has 12 nitrogen and oxygen atoms in total. The molecule has 0 heterocycles. The van der Waals surface area contributed by atoms with Gasteiger partial charge >= 0.3 is 18.1 Å². The van der Waals surface area contributed by atoms with Gasteiger partial charge in [-0.2, -0.15) is 0 Å². The standard InChI is InChI=1S/C27H34O7.C22H26O5/c1-17(2)23(29)33-27-13-18-10-19(14-27)12-26(11-18,16-27)31-15-22(28)20-6-8-21(9-7-20)32-24(30)34-25(3,4)5;1-14(2)20(25)27-22-10-15-7-16(11-22)9-21(8-15,13-22)26-12-19(24)17-3-5-18(23)6-4-17/h6-9,18-19H,1,10-16H2,2-5H3;3-6,15-16,23H,1,7-13H2,2H3. The third-order valence-electron chi connectivity index (χ3n) is 13.2. The normalized spacial score (nSPS) is 31.3. The SMILES string of the molecule is C=C(C)C(=O)OC12CC3CC(CC(OCC(=O)c4ccc(O)cc4)(C3)C1)C2.C=C(C)C(=O)OC12CC3CC(CC(OCC(=O)c4ccc(OC(=O)OC(C)(C)C)cc4)(C3)C1)C2. The summed E-state index contributed by atoms with van der Waals surface area (Å²) in [5, 5.41) is 9.37. The molecule has 0 aliphatic heterocycles. The van der Waals surface area contributed by atoms with Gasteiger partial charge in [0.1, 0.15) is 41.5 Å². The molecule has 10 rings (SSSR count). The van der Waals surface area contributed by atoms with E-state index in [9.17, 15) is 29.1 Å². The van der Waals surface area contributed by atoms with Crippen LogP contribution in [0.15, 0.2) is 72.8 Å². The fourth-order valence-corrected chi connectivity index (χ4v) is 11.7. The molecule has 0 spiro atoms. The molecule has 0 saturated heterocycles. The molecular weight excluding hydrogens is 781 g/mol. The molecule has 328 valence electrons. The van der Waals surface area contributed by atoms with Crippen molar-refractivity contribution in [3.05, 3.63) is 84.0 Å². The molecule has 0 amide bonds. The summed E-state index contributed by atoms with van der Waals surface area (Å²) >= 11 is 0. The van der Waals surface area contributed by atoms with E-state index in [-0.39, 0.29) is 48.1 Å². The second kappa shape index (κ2) is 16.8. The highest BCUT2D eigenvalue weighted by molar-refractivity contribution is 5.97. The number of carbonyl (C=O) groups is 5. The van der Waals surface area contributed by atoms with Gasteiger partial charge in [0.05, 0.1) is 11.2 Å². The van der Waals surface area contributed by atoms with E-state index in [4.69, 9.17) is 28.4 Å². The molecule has 0 radical (unpaired) electrons. The zero-order valence-electron chi connectivity index (χ0n) is 36.2. The Labute approximate surface area is 358 Å². The van der Waals surface area contributed by atoms with E-state index in [0.717, 1.165) is 64.2 Å². The third-order valence-corrected chi connectivity index (χ3v) is 13.2. The first-order valence-corrected chi connectivity index (χ1v) is 21.6. The van der Waals surface area contributed by atoms with E-state index in [2.05, 4.69) is 13.2 Å². The maximum absolute atomic E-state index is 12.9. The Morgan fingerprint density at radius 3 is 1.33 bits per heavy atom. The second-order valence-corrected chi connectivity index (χ2v) is 20.1. The van der Waals surface area contributed by atoms with E-state index in [0.29, 0.717) is 64.5 Å². The molecule has 8 saturated carbocycles. The van der Waals surface area contributed by atoms with Crippen LogP contribution < -0.4 is 4.74 Å². The van der Waals surface area contributed by atoms with E-state index < -0.39 is 28.6 Å². The van der Waals surface area contributed by atoms with Gasteiger partial charge in [0.2, 0.25) is 0 Å². The van der Waals surface area contributed by atoms with Crippen LogP contribution in [0.4, 0.5) is 4.79 Å². The summed E-state index contributed by atoms with van der Waals surface area (Å²) in [6, 6.07) is 12.6. The van der Waals surface area contributed by atoms with Crippen LogP contribution in [-0.4, -0.2) is 76.0 Å². The van der Waals surface area contributed by atoms with Crippen molar-refractivity contribution in [3.8, 4) is 11.5 Å². The Hall–Kier alpha value is -4.81. The van der Waals surface area contributed by atoms with Crippen molar-refractivity contribution in [2.75, 3.05) is 13.2 Å². The Morgan fingerprint density at radius 1 is 0.607 bits per heavy atom. The minimum absolute atomic E-state index is 0.00866. The maximum Gasteiger partial charge on any atom is 0.514 e. The lowest BCUT2D eigenvalue weighted by Gasteiger charge is -2.60. The minimum atomic E-state index is -0.794. The molecule has 8 aliphatic carbocycles. The summed E-state index contributed by atoms with van der Waals surface area (Å²) in [5.41, 5.74) is -0.621. The molecule has 0 aromatic heterocycles. The second-order valence-electron chi connectivity index (χ2n) is 20.1. The molecule has 8 fully saturated rings. The van der Waals surface area contributed by atoms with Gasteiger partial charge in [0.25, 0.3) is 0 Å². The number of hydrogen-bond donors (Lipinski definition) is 1. The van der Waals surface area contributed by atoms with Gasteiger partial charge in [0.15, 0.2) is 11.6 Å². The number of carbonyl (C=O) groups excluding carboxylic acids is 5. The quantitative estimate of drug-likeness (QED) is 0.0671. The van der Waals surface area contributed by atoms with Crippen molar-refractivity contribution in [2.24, 2.45) is 23.7 Å². The average Bonchev–Trinajstić information content (AvgIpc) is 3.14. The molecule has 4 unspecified atom stereocenters. The predicted molar refractivity (Wildman–Crippen MR) is 224 cm³/mol. The lowest BCUT2D eigenvalue weighted by molar-refractivity contribution is -0.229. The van der Waals surface area contributed by atoms with Gasteiger partial charge in [-0.1, -0.05) is 13.2 Å². The number of phenolic OH excluding ortho intramolecular Hbond substituents is 1. The van der Waals surface area contributed by atoms with E-state index in [1.165, 1.54) is 12.1 Å². The topological polar surface area (TPSA) is 161 Å². The van der Waals surface area contributed by atoms with Crippen molar-refractivity contribution in [2.45, 2.75) is 140 Å². The Balaban J connectivity index is 0.000000189. The molecule has 8 bridgehead atoms. The van der Waals surface area contributed by atoms with E-state index >= 15 is 0 Å². The van der Waals surface area contributed by atoms with Crippen LogP contribution in [0.5, 0.6) is 11.5 Å². The lowest BCUT2D eigenvalue weighted by atomic mass is 9.52. The van der Waals surface area contributed by atoms with Crippen molar-refractivity contribution in [1.29, 1.82) is 0 Å². The van der Waals surface area contributed by atoms with Crippen molar-refractivity contribution >= 4 is 29.7 Å². The Kier molecular flexibility index (Phi) is 12.2. The highest BCUT2D eigenvalue weighted by Gasteiger charge is 2.62. The number of benzene rings is 2. The number of ketones is 2. The van der Waals surface area contributed by atoms with Crippen molar-refractivity contribution in [1.82, 2.24) is 0 Å². The molecule has 4 atom stereocenters. The maximum atomic E-state index is 12.9. The van der Waals surface area contributed by atoms with Crippen molar-refractivity contribution in [3.63, 3.8) is 0 Å². The number of aromatic hydroxyl groups is 1. The van der Waals surface area contributed by atoms with Crippen LogP contribution in [0, 0.1) is 23.7 Å². The number of hydrogen-bond acceptors (Lipinski definition) is 12. The molecule has 8 aliphatic rings. The third kappa shape index (κ3) is 10.5. The molecule has 2 aromatic carbocycles. The van der Waals surface area contributed by atoms with Crippen LogP contribution >= 0.6 is 0 Å². The van der Waals surface area contributed by atoms with Crippen LogP contribution in [0.25, 0.3) is 0 Å². The number of ether oxygens (including phenoxy) is 6. The number of Topliss-reactive ketones (excluding diaryl/α,β-unsaturated/α-hetero) is 2. The Bertz CT molecular complexity index is 2030. The largest absolute Gasteiger partial charge is 0.514 e. The summed E-state index contributed by atoms with van der Waals surface area (Å²) in [5.74, 6) is 1.36. The fraction of sp³-hybridized carbons (Fsp3) is 0.571. The Morgan fingerprint density at radius 2 is 0.967 bits per heavy atom. The first kappa shape index (κ1) is 44.3. The van der Waals surface area contributed by atoms with E-state index in [1.54, 1.807) is 71.0 Å². The summed E-state index contributed by atoms with van der Waals surface area (Å²) in [6.07, 6.45) is 9.93. The summed E-state index contributed by atoms with van der Waals surface area (Å²) in [4.78, 5) is 61.6. The zero-order valence-corrected chi connectivity index (χ0v) is 36.2. The van der Waals surface area contributed by atoms with Gasteiger partial charge in [0, 0.05) is 35.1 Å². The van der Waals surface area contributed by atoms with Gasteiger partial charge in [-0.15, -0.1) is 0 Å². The molecule has 2 aromatic rings. The van der Waals surface area contributed by atoms with Gasteiger partial charge in [-0.3, -0.25) is 9.59 Å². The monoisotopic (exact) mass is 840 g/mol. The summed E-state index contributed by atoms with van der Waals surface area (Å²) in [7, 11) is 0. The molecule has 12 heteroatoms. The van der Waals surface area contributed by atoms with Crippen LogP contribution in [0.3, 0.4) is 0 Å². The van der Waals surface area contributed by atoms with Crippen LogP contribution in [0.2, 0.25) is 0 Å². The lowest BCUT2D eigenvalue weighted by Crippen LogP contribution is -2.61. The highest BCUT2D eigenvalue weighted by Crippen LogP contribution is 2.61. The minimum Gasteiger partial charge on any atom is -0.508 e. The van der Waals surface area contributed by atoms with Crippen LogP contribution in [0.1, 0.15) is 132 Å². The predicted octanol–water partition coefficient (Wildman–Crippen LogP) is 9.21. The smallest absolute Gasteiger partial charge is 0.508 e. The number of esters is 2.